The summed E-state index contributed by atoms with van der Waals surface area (Å²) in [6.45, 7) is 7.48. The normalized spacial score (nSPS) is 25.6. The number of anilines is 2. The minimum absolute atomic E-state index is 0.0594. The fourth-order valence-electron chi connectivity index (χ4n) is 3.95. The van der Waals surface area contributed by atoms with Crippen molar-refractivity contribution >= 4 is 11.6 Å². The van der Waals surface area contributed by atoms with E-state index >= 15 is 0 Å². The highest BCUT2D eigenvalue weighted by Crippen LogP contribution is 2.38. The molecule has 7 nitrogen and oxygen atoms in total. The molecule has 1 spiro atoms. The highest BCUT2D eigenvalue weighted by Gasteiger charge is 2.43. The van der Waals surface area contributed by atoms with Gasteiger partial charge >= 0.3 is 0 Å². The summed E-state index contributed by atoms with van der Waals surface area (Å²) < 4.78 is 6.31. The average molecular weight is 354 g/mol. The molecule has 2 aliphatic rings. The van der Waals surface area contributed by atoms with Crippen LogP contribution in [0.4, 0.5) is 11.6 Å². The molecule has 2 aromatic rings. The molecule has 7 heteroatoms. The third-order valence-corrected chi connectivity index (χ3v) is 5.30. The van der Waals surface area contributed by atoms with Crippen LogP contribution in [0.1, 0.15) is 30.7 Å². The van der Waals surface area contributed by atoms with Crippen molar-refractivity contribution in [2.75, 3.05) is 36.5 Å². The van der Waals surface area contributed by atoms with Crippen molar-refractivity contribution in [2.45, 2.75) is 38.7 Å². The van der Waals surface area contributed by atoms with Gasteiger partial charge < -0.3 is 15.0 Å². The number of aryl methyl sites for hydroxylation is 2. The van der Waals surface area contributed by atoms with Crippen LogP contribution in [-0.2, 0) is 4.74 Å². The molecule has 2 aromatic heterocycles. The van der Waals surface area contributed by atoms with Crippen LogP contribution in [0.3, 0.4) is 0 Å². The Bertz CT molecular complexity index is 735. The number of nitrogens with zero attached hydrogens (tertiary/aromatic N) is 5. The predicted octanol–water partition coefficient (Wildman–Crippen LogP) is 2.37. The van der Waals surface area contributed by atoms with E-state index in [1.807, 2.05) is 32.0 Å². The van der Waals surface area contributed by atoms with Crippen molar-refractivity contribution in [1.29, 1.82) is 0 Å². The fraction of sp³-hybridized carbons (Fsp3) is 0.579. The molecular weight excluding hydrogens is 328 g/mol. The van der Waals surface area contributed by atoms with Crippen LogP contribution >= 0.6 is 0 Å². The molecule has 0 bridgehead atoms. The summed E-state index contributed by atoms with van der Waals surface area (Å²) in [5.41, 5.74) is 1.82. The number of rotatable bonds is 4. The Morgan fingerprint density at radius 3 is 2.65 bits per heavy atom. The number of aromatic nitrogens is 4. The molecule has 0 amide bonds. The van der Waals surface area contributed by atoms with Crippen LogP contribution in [0.15, 0.2) is 24.3 Å². The van der Waals surface area contributed by atoms with Crippen LogP contribution in [0.25, 0.3) is 0 Å². The van der Waals surface area contributed by atoms with Crippen molar-refractivity contribution in [2.24, 2.45) is 5.92 Å². The number of ether oxygens (including phenoxy) is 1. The summed E-state index contributed by atoms with van der Waals surface area (Å²) in [6, 6.07) is 8.04. The van der Waals surface area contributed by atoms with Crippen molar-refractivity contribution in [3.63, 3.8) is 0 Å². The van der Waals surface area contributed by atoms with Gasteiger partial charge in [0, 0.05) is 25.6 Å². The van der Waals surface area contributed by atoms with Crippen molar-refractivity contribution in [1.82, 2.24) is 20.4 Å². The molecule has 2 aliphatic heterocycles. The first-order valence-electron chi connectivity index (χ1n) is 9.35. The van der Waals surface area contributed by atoms with Crippen LogP contribution in [0.2, 0.25) is 0 Å². The zero-order valence-corrected chi connectivity index (χ0v) is 15.5. The molecule has 2 atom stereocenters. The van der Waals surface area contributed by atoms with E-state index in [1.165, 1.54) is 0 Å². The first kappa shape index (κ1) is 17.1. The zero-order valence-electron chi connectivity index (χ0n) is 15.5. The number of hydrogen-bond donors (Lipinski definition) is 1. The monoisotopic (exact) mass is 354 g/mol. The summed E-state index contributed by atoms with van der Waals surface area (Å²) in [5, 5.41) is 20.2. The number of hydrogen-bond acceptors (Lipinski definition) is 7. The van der Waals surface area contributed by atoms with E-state index in [0.29, 0.717) is 5.92 Å². The first-order chi connectivity index (χ1) is 12.6. The summed E-state index contributed by atoms with van der Waals surface area (Å²) in [4.78, 5) is 2.32. The summed E-state index contributed by atoms with van der Waals surface area (Å²) >= 11 is 0. The van der Waals surface area contributed by atoms with Crippen LogP contribution in [0.5, 0.6) is 0 Å². The topological polar surface area (TPSA) is 76.1 Å². The lowest BCUT2D eigenvalue weighted by molar-refractivity contribution is -0.00707. The largest absolute Gasteiger partial charge is 0.373 e. The third kappa shape index (κ3) is 3.77. The molecular formula is C19H26N6O. The first-order valence-corrected chi connectivity index (χ1v) is 9.35. The quantitative estimate of drug-likeness (QED) is 0.903. The Balaban J connectivity index is 1.35. The lowest BCUT2D eigenvalue weighted by Crippen LogP contribution is -2.48. The smallest absolute Gasteiger partial charge is 0.151 e. The van der Waals surface area contributed by atoms with Crippen LogP contribution in [0, 0.1) is 19.8 Å². The Labute approximate surface area is 154 Å². The SMILES string of the molecule is Cc1ccc(NCC2COC3(CCCN(c4ccc(C)nn4)C3)C2)nn1. The zero-order chi connectivity index (χ0) is 18.0. The molecule has 0 saturated carbocycles. The molecule has 2 saturated heterocycles. The maximum Gasteiger partial charge on any atom is 0.151 e. The lowest BCUT2D eigenvalue weighted by Gasteiger charge is -2.40. The predicted molar refractivity (Wildman–Crippen MR) is 100 cm³/mol. The second kappa shape index (κ2) is 7.15. The fourth-order valence-corrected chi connectivity index (χ4v) is 3.95. The number of piperidine rings is 1. The van der Waals surface area contributed by atoms with Crippen molar-refractivity contribution in [3.05, 3.63) is 35.7 Å². The van der Waals surface area contributed by atoms with Gasteiger partial charge in [0.15, 0.2) is 5.82 Å². The van der Waals surface area contributed by atoms with Crippen LogP contribution < -0.4 is 10.2 Å². The van der Waals surface area contributed by atoms with E-state index in [-0.39, 0.29) is 5.60 Å². The minimum atomic E-state index is -0.0594. The summed E-state index contributed by atoms with van der Waals surface area (Å²) in [7, 11) is 0. The second-order valence-electron chi connectivity index (χ2n) is 7.56. The maximum absolute atomic E-state index is 6.31. The summed E-state index contributed by atoms with van der Waals surface area (Å²) in [5.74, 6) is 2.27. The van der Waals surface area contributed by atoms with E-state index in [1.54, 1.807) is 0 Å². The molecule has 4 rings (SSSR count). The van der Waals surface area contributed by atoms with Gasteiger partial charge in [0.25, 0.3) is 0 Å². The Morgan fingerprint density at radius 1 is 1.12 bits per heavy atom. The molecule has 2 unspecified atom stereocenters. The Morgan fingerprint density at radius 2 is 1.92 bits per heavy atom. The molecule has 1 N–H and O–H groups in total. The second-order valence-corrected chi connectivity index (χ2v) is 7.56. The van der Waals surface area contributed by atoms with Crippen molar-refractivity contribution in [3.8, 4) is 0 Å². The molecule has 26 heavy (non-hydrogen) atoms. The molecule has 4 heterocycles. The van der Waals surface area contributed by atoms with Crippen LogP contribution in [-0.4, -0.2) is 52.2 Å². The van der Waals surface area contributed by atoms with E-state index in [0.717, 1.165) is 68.5 Å². The van der Waals surface area contributed by atoms with Gasteiger partial charge in [-0.2, -0.15) is 10.2 Å². The molecule has 2 fully saturated rings. The highest BCUT2D eigenvalue weighted by atomic mass is 16.5. The van der Waals surface area contributed by atoms with E-state index in [9.17, 15) is 0 Å². The van der Waals surface area contributed by atoms with E-state index in [4.69, 9.17) is 4.74 Å². The molecule has 138 valence electrons. The standard InChI is InChI=1S/C19H26N6O/c1-14-4-6-17(23-21-14)20-11-16-10-19(26-12-16)8-3-9-25(13-19)18-7-5-15(2)22-24-18/h4-7,16H,3,8-13H2,1-2H3,(H,20,23). The maximum atomic E-state index is 6.31. The van der Waals surface area contributed by atoms with Gasteiger partial charge in [-0.1, -0.05) is 0 Å². The van der Waals surface area contributed by atoms with Gasteiger partial charge in [-0.05, 0) is 57.4 Å². The molecule has 0 aliphatic carbocycles. The molecule has 0 aromatic carbocycles. The van der Waals surface area contributed by atoms with E-state index in [2.05, 4.69) is 36.7 Å². The highest BCUT2D eigenvalue weighted by molar-refractivity contribution is 5.39. The molecule has 0 radical (unpaired) electrons. The van der Waals surface area contributed by atoms with Gasteiger partial charge in [0.2, 0.25) is 0 Å². The lowest BCUT2D eigenvalue weighted by atomic mass is 9.86. The van der Waals surface area contributed by atoms with Gasteiger partial charge in [-0.25, -0.2) is 0 Å². The number of nitrogens with one attached hydrogen (secondary N) is 1. The Kier molecular flexibility index (Phi) is 4.72. The third-order valence-electron chi connectivity index (χ3n) is 5.30. The van der Waals surface area contributed by atoms with Gasteiger partial charge in [0.1, 0.15) is 5.82 Å². The van der Waals surface area contributed by atoms with Crippen molar-refractivity contribution < 1.29 is 4.74 Å². The van der Waals surface area contributed by atoms with E-state index < -0.39 is 0 Å². The van der Waals surface area contributed by atoms with Gasteiger partial charge in [-0.15, -0.1) is 10.2 Å². The average Bonchev–Trinajstić information content (AvgIpc) is 3.04. The Hall–Kier alpha value is -2.28. The van der Waals surface area contributed by atoms with Gasteiger partial charge in [-0.3, -0.25) is 0 Å². The summed E-state index contributed by atoms with van der Waals surface area (Å²) in [6.07, 6.45) is 3.30. The van der Waals surface area contributed by atoms with Gasteiger partial charge in [0.05, 0.1) is 23.6 Å². The minimum Gasteiger partial charge on any atom is -0.373 e.